The van der Waals surface area contributed by atoms with Crippen LogP contribution in [0.4, 0.5) is 10.1 Å². The van der Waals surface area contributed by atoms with Crippen molar-refractivity contribution in [3.05, 3.63) is 102 Å². The molecule has 6 nitrogen and oxygen atoms in total. The number of hydrogen-bond acceptors (Lipinski definition) is 4. The van der Waals surface area contributed by atoms with E-state index in [0.29, 0.717) is 17.8 Å². The molecule has 0 fully saturated rings. The van der Waals surface area contributed by atoms with E-state index in [9.17, 15) is 0 Å². The predicted molar refractivity (Wildman–Crippen MR) is 130 cm³/mol. The van der Waals surface area contributed by atoms with E-state index in [4.69, 9.17) is 0 Å². The molecule has 0 aliphatic carbocycles. The molecule has 7 heteroatoms. The van der Waals surface area contributed by atoms with Gasteiger partial charge in [-0.05, 0) is 54.2 Å². The van der Waals surface area contributed by atoms with Gasteiger partial charge in [0.1, 0.15) is 5.82 Å². The highest BCUT2D eigenvalue weighted by atomic mass is 19.1. The van der Waals surface area contributed by atoms with Crippen molar-refractivity contribution >= 4 is 16.6 Å². The minimum Gasteiger partial charge on any atom is -0.278 e. The smallest absolute Gasteiger partial charge is 0.134 e. The van der Waals surface area contributed by atoms with Gasteiger partial charge in [-0.2, -0.15) is 20.4 Å². The number of azo groups is 1. The molecule has 1 aliphatic rings. The monoisotopic (exact) mass is 450 g/mol. The molecule has 3 heterocycles. The van der Waals surface area contributed by atoms with Gasteiger partial charge < -0.3 is 0 Å². The van der Waals surface area contributed by atoms with Crippen molar-refractivity contribution in [3.8, 4) is 11.3 Å². The average molecular weight is 451 g/mol. The summed E-state index contributed by atoms with van der Waals surface area (Å²) in [6.07, 6.45) is 5.96. The highest BCUT2D eigenvalue weighted by Gasteiger charge is 2.19. The number of nitrogens with one attached hydrogen (secondary N) is 1. The van der Waals surface area contributed by atoms with E-state index in [1.807, 2.05) is 53.3 Å². The number of aryl methyl sites for hydroxylation is 1. The molecule has 1 unspecified atom stereocenters. The molecule has 168 valence electrons. The molecule has 34 heavy (non-hydrogen) atoms. The summed E-state index contributed by atoms with van der Waals surface area (Å²) in [6, 6.07) is 21.7. The molecular formula is C27H23FN6. The zero-order valence-corrected chi connectivity index (χ0v) is 18.5. The van der Waals surface area contributed by atoms with Gasteiger partial charge in [0.2, 0.25) is 0 Å². The Bertz CT molecular complexity index is 1480. The van der Waals surface area contributed by atoms with Crippen molar-refractivity contribution < 1.29 is 4.39 Å². The second-order valence-electron chi connectivity index (χ2n) is 8.72. The normalized spacial score (nSPS) is 15.4. The Morgan fingerprint density at radius 3 is 2.82 bits per heavy atom. The van der Waals surface area contributed by atoms with Crippen molar-refractivity contribution in [2.45, 2.75) is 31.8 Å². The van der Waals surface area contributed by atoms with Gasteiger partial charge in [0.25, 0.3) is 0 Å². The first-order valence-corrected chi connectivity index (χ1v) is 11.4. The van der Waals surface area contributed by atoms with E-state index in [1.165, 1.54) is 11.6 Å². The van der Waals surface area contributed by atoms with E-state index in [1.54, 1.807) is 6.20 Å². The maximum absolute atomic E-state index is 15.2. The summed E-state index contributed by atoms with van der Waals surface area (Å²) in [4.78, 5) is 0. The lowest BCUT2D eigenvalue weighted by Gasteiger charge is -2.12. The summed E-state index contributed by atoms with van der Waals surface area (Å²) < 4.78 is 17.0. The lowest BCUT2D eigenvalue weighted by Crippen LogP contribution is -2.08. The van der Waals surface area contributed by atoms with Crippen LogP contribution in [-0.4, -0.2) is 26.0 Å². The highest BCUT2D eigenvalue weighted by Crippen LogP contribution is 2.34. The Hall–Kier alpha value is -4.13. The van der Waals surface area contributed by atoms with Crippen molar-refractivity contribution in [1.82, 2.24) is 20.0 Å². The Morgan fingerprint density at radius 1 is 1.00 bits per heavy atom. The van der Waals surface area contributed by atoms with Crippen LogP contribution < -0.4 is 0 Å². The Labute approximate surface area is 196 Å². The zero-order chi connectivity index (χ0) is 22.9. The second kappa shape index (κ2) is 8.67. The fraction of sp³-hybridized carbons (Fsp3) is 0.185. The summed E-state index contributed by atoms with van der Waals surface area (Å²) in [5, 5.41) is 21.6. The maximum Gasteiger partial charge on any atom is 0.134 e. The number of fused-ring (bicyclic) bond motifs is 2. The molecule has 1 N–H and O–H groups in total. The SMILES string of the molecule is Fc1cc2c(cc1-c1ccnn1Cc1ccccc1)CCC(Cc1ccc3cn[nH]c3c1)N=N2. The van der Waals surface area contributed by atoms with Crippen LogP contribution in [0.5, 0.6) is 0 Å². The molecule has 6 rings (SSSR count). The van der Waals surface area contributed by atoms with E-state index in [-0.39, 0.29) is 11.9 Å². The molecule has 0 bridgehead atoms. The molecule has 0 spiro atoms. The third kappa shape index (κ3) is 4.01. The van der Waals surface area contributed by atoms with Crippen molar-refractivity contribution in [2.75, 3.05) is 0 Å². The molecule has 1 aliphatic heterocycles. The van der Waals surface area contributed by atoms with Crippen LogP contribution in [0.15, 0.2) is 89.4 Å². The van der Waals surface area contributed by atoms with Crippen molar-refractivity contribution in [2.24, 2.45) is 10.2 Å². The minimum atomic E-state index is -0.310. The third-order valence-corrected chi connectivity index (χ3v) is 6.39. The largest absolute Gasteiger partial charge is 0.278 e. The van der Waals surface area contributed by atoms with Crippen LogP contribution in [-0.2, 0) is 19.4 Å². The first kappa shape index (κ1) is 20.5. The number of aromatic nitrogens is 4. The van der Waals surface area contributed by atoms with Crippen molar-refractivity contribution in [1.29, 1.82) is 0 Å². The number of nitrogens with zero attached hydrogens (tertiary/aromatic N) is 5. The van der Waals surface area contributed by atoms with Gasteiger partial charge in [-0.3, -0.25) is 9.78 Å². The van der Waals surface area contributed by atoms with Crippen molar-refractivity contribution in [3.63, 3.8) is 0 Å². The number of benzene rings is 3. The first-order chi connectivity index (χ1) is 16.7. The van der Waals surface area contributed by atoms with Gasteiger partial charge in [0.15, 0.2) is 0 Å². The summed E-state index contributed by atoms with van der Waals surface area (Å²) in [7, 11) is 0. The minimum absolute atomic E-state index is 0.0443. The third-order valence-electron chi connectivity index (χ3n) is 6.39. The molecule has 0 radical (unpaired) electrons. The Balaban J connectivity index is 1.24. The number of hydrogen-bond donors (Lipinski definition) is 1. The molecular weight excluding hydrogens is 427 g/mol. The van der Waals surface area contributed by atoms with Crippen LogP contribution in [0.1, 0.15) is 23.1 Å². The average Bonchev–Trinajstić information content (AvgIpc) is 3.47. The quantitative estimate of drug-likeness (QED) is 0.343. The lowest BCUT2D eigenvalue weighted by atomic mass is 9.97. The van der Waals surface area contributed by atoms with Gasteiger partial charge >= 0.3 is 0 Å². The van der Waals surface area contributed by atoms with Crippen LogP contribution in [0.3, 0.4) is 0 Å². The van der Waals surface area contributed by atoms with Crippen LogP contribution in [0.25, 0.3) is 22.2 Å². The second-order valence-corrected chi connectivity index (χ2v) is 8.72. The summed E-state index contributed by atoms with van der Waals surface area (Å²) >= 11 is 0. The van der Waals surface area contributed by atoms with E-state index in [2.05, 4.69) is 43.7 Å². The fourth-order valence-corrected chi connectivity index (χ4v) is 4.59. The topological polar surface area (TPSA) is 71.2 Å². The van der Waals surface area contributed by atoms with E-state index in [0.717, 1.165) is 47.0 Å². The van der Waals surface area contributed by atoms with Crippen LogP contribution >= 0.6 is 0 Å². The van der Waals surface area contributed by atoms with Gasteiger partial charge in [0.05, 0.1) is 35.7 Å². The molecule has 0 saturated carbocycles. The van der Waals surface area contributed by atoms with Gasteiger partial charge in [-0.1, -0.05) is 42.5 Å². The molecule has 5 aromatic rings. The molecule has 3 aromatic carbocycles. The zero-order valence-electron chi connectivity index (χ0n) is 18.5. The number of rotatable bonds is 5. The first-order valence-electron chi connectivity index (χ1n) is 11.4. The lowest BCUT2D eigenvalue weighted by molar-refractivity contribution is 0.600. The van der Waals surface area contributed by atoms with Gasteiger partial charge in [-0.25, -0.2) is 4.39 Å². The summed E-state index contributed by atoms with van der Waals surface area (Å²) in [5.41, 5.74) is 6.25. The number of H-pyrrole nitrogens is 1. The Morgan fingerprint density at radius 2 is 1.91 bits per heavy atom. The van der Waals surface area contributed by atoms with E-state index < -0.39 is 0 Å². The number of halogens is 1. The van der Waals surface area contributed by atoms with Crippen LogP contribution in [0, 0.1) is 5.82 Å². The maximum atomic E-state index is 15.2. The Kier molecular flexibility index (Phi) is 5.22. The predicted octanol–water partition coefficient (Wildman–Crippen LogP) is 6.26. The molecule has 2 aromatic heterocycles. The summed E-state index contributed by atoms with van der Waals surface area (Å²) in [6.45, 7) is 0.585. The van der Waals surface area contributed by atoms with E-state index >= 15 is 4.39 Å². The van der Waals surface area contributed by atoms with Gasteiger partial charge in [-0.15, -0.1) is 0 Å². The van der Waals surface area contributed by atoms with Gasteiger partial charge in [0, 0.05) is 23.2 Å². The molecule has 0 saturated heterocycles. The summed E-state index contributed by atoms with van der Waals surface area (Å²) in [5.74, 6) is -0.310. The standard InChI is InChI=1S/C27H23FN6/c28-24-15-26-20(14-23(24)27-10-11-30-34(27)17-18-4-2-1-3-5-18)8-9-22(31-33-26)12-19-6-7-21-16-29-32-25(21)13-19/h1-7,10-11,13-16,22H,8-9,12,17H2,(H,29,32). The highest BCUT2D eigenvalue weighted by molar-refractivity contribution is 5.78. The number of aromatic amines is 1. The molecule has 0 amide bonds. The fourth-order valence-electron chi connectivity index (χ4n) is 4.59. The molecule has 1 atom stereocenters. The van der Waals surface area contributed by atoms with Crippen LogP contribution in [0.2, 0.25) is 0 Å².